The molecule has 0 spiro atoms. The zero-order valence-corrected chi connectivity index (χ0v) is 22.1. The molecule has 37 heavy (non-hydrogen) atoms. The van der Waals surface area contributed by atoms with Gasteiger partial charge in [0, 0.05) is 38.3 Å². The van der Waals surface area contributed by atoms with Gasteiger partial charge in [-0.15, -0.1) is 0 Å². The Balaban J connectivity index is 1.37. The lowest BCUT2D eigenvalue weighted by molar-refractivity contribution is -0.123. The fourth-order valence-corrected chi connectivity index (χ4v) is 5.57. The van der Waals surface area contributed by atoms with Crippen molar-refractivity contribution < 1.29 is 19.1 Å². The van der Waals surface area contributed by atoms with E-state index in [0.717, 1.165) is 33.8 Å². The van der Waals surface area contributed by atoms with Crippen LogP contribution in [0.2, 0.25) is 10.0 Å². The number of carbonyl (C=O) groups is 2. The summed E-state index contributed by atoms with van der Waals surface area (Å²) < 4.78 is 13.1. The molecule has 1 aromatic heterocycles. The highest BCUT2D eigenvalue weighted by Crippen LogP contribution is 2.35. The molecule has 9 heteroatoms. The number of amides is 2. The number of aromatic nitrogens is 1. The largest absolute Gasteiger partial charge is 0.493 e. The molecule has 0 saturated carbocycles. The topological polar surface area (TPSA) is 60.8 Å². The molecule has 4 aromatic rings. The van der Waals surface area contributed by atoms with Crippen LogP contribution < -0.4 is 9.47 Å². The van der Waals surface area contributed by atoms with Gasteiger partial charge in [0.25, 0.3) is 11.1 Å². The molecule has 0 radical (unpaired) electrons. The number of hydrogen-bond acceptors (Lipinski definition) is 5. The maximum absolute atomic E-state index is 13.1. The second-order valence-electron chi connectivity index (χ2n) is 8.26. The van der Waals surface area contributed by atoms with Crippen LogP contribution in [0.5, 0.6) is 11.5 Å². The summed E-state index contributed by atoms with van der Waals surface area (Å²) in [5.41, 5.74) is 2.61. The Bertz CT molecular complexity index is 1510. The highest BCUT2D eigenvalue weighted by molar-refractivity contribution is 8.18. The first-order valence-corrected chi connectivity index (χ1v) is 13.1. The molecule has 0 atom stereocenters. The van der Waals surface area contributed by atoms with Crippen molar-refractivity contribution in [3.05, 3.63) is 99.0 Å². The smallest absolute Gasteiger partial charge is 0.293 e. The molecule has 0 unspecified atom stereocenters. The Morgan fingerprint density at radius 1 is 0.919 bits per heavy atom. The van der Waals surface area contributed by atoms with Crippen LogP contribution in [0.15, 0.2) is 77.8 Å². The average molecular weight is 553 g/mol. The van der Waals surface area contributed by atoms with E-state index in [1.165, 1.54) is 4.90 Å². The van der Waals surface area contributed by atoms with E-state index in [-0.39, 0.29) is 24.3 Å². The van der Waals surface area contributed by atoms with Gasteiger partial charge in [-0.25, -0.2) is 0 Å². The molecule has 1 aliphatic rings. The van der Waals surface area contributed by atoms with Crippen molar-refractivity contribution in [2.45, 2.75) is 6.54 Å². The van der Waals surface area contributed by atoms with Gasteiger partial charge in [-0.2, -0.15) is 0 Å². The summed E-state index contributed by atoms with van der Waals surface area (Å²) in [5, 5.41) is 1.80. The molecule has 0 aliphatic carbocycles. The molecule has 0 bridgehead atoms. The third-order valence-electron chi connectivity index (χ3n) is 6.01. The number of carbonyl (C=O) groups excluding carboxylic acids is 2. The molecule has 188 valence electrons. The van der Waals surface area contributed by atoms with Gasteiger partial charge in [0.2, 0.25) is 0 Å². The molecule has 0 N–H and O–H groups in total. The molecule has 5 rings (SSSR count). The standard InChI is InChI=1S/C28H22Cl2N2O4S/c1-35-24-11-4-5-12-25(24)36-14-13-32-27(33)26(37-28(32)34)15-18-16-31(23-10-3-2-7-19(18)23)17-20-21(29)8-6-9-22(20)30/h2-12,15-16H,13-14,17H2,1H3/b26-15-. The lowest BCUT2D eigenvalue weighted by Gasteiger charge is -2.14. The number of nitrogens with zero attached hydrogens (tertiary/aromatic N) is 2. The van der Waals surface area contributed by atoms with E-state index in [1.807, 2.05) is 65.4 Å². The Hall–Kier alpha value is -3.39. The zero-order valence-electron chi connectivity index (χ0n) is 19.8. The number of rotatable bonds is 8. The lowest BCUT2D eigenvalue weighted by atomic mass is 10.1. The fraction of sp³-hybridized carbons (Fsp3) is 0.143. The normalized spacial score (nSPS) is 14.7. The van der Waals surface area contributed by atoms with Crippen LogP contribution in [0.25, 0.3) is 17.0 Å². The molecule has 1 fully saturated rings. The van der Waals surface area contributed by atoms with Crippen molar-refractivity contribution in [2.75, 3.05) is 20.3 Å². The van der Waals surface area contributed by atoms with E-state index in [2.05, 4.69) is 0 Å². The molecule has 6 nitrogen and oxygen atoms in total. The number of ether oxygens (including phenoxy) is 2. The monoisotopic (exact) mass is 552 g/mol. The molecular formula is C28H22Cl2N2O4S. The maximum atomic E-state index is 13.1. The van der Waals surface area contributed by atoms with E-state index in [9.17, 15) is 9.59 Å². The predicted octanol–water partition coefficient (Wildman–Crippen LogP) is 7.12. The van der Waals surface area contributed by atoms with Gasteiger partial charge in [-0.3, -0.25) is 14.5 Å². The Labute approximate surface area is 228 Å². The fourth-order valence-electron chi connectivity index (χ4n) is 4.19. The Morgan fingerprint density at radius 2 is 1.62 bits per heavy atom. The van der Waals surface area contributed by atoms with Crippen molar-refractivity contribution in [3.63, 3.8) is 0 Å². The van der Waals surface area contributed by atoms with Gasteiger partial charge in [0.05, 0.1) is 25.1 Å². The quantitative estimate of drug-likeness (QED) is 0.218. The van der Waals surface area contributed by atoms with Crippen LogP contribution in [0.1, 0.15) is 11.1 Å². The van der Waals surface area contributed by atoms with E-state index >= 15 is 0 Å². The van der Waals surface area contributed by atoms with Gasteiger partial charge < -0.3 is 14.0 Å². The Morgan fingerprint density at radius 3 is 2.38 bits per heavy atom. The minimum Gasteiger partial charge on any atom is -0.493 e. The van der Waals surface area contributed by atoms with Gasteiger partial charge in [-0.1, -0.05) is 59.6 Å². The summed E-state index contributed by atoms with van der Waals surface area (Å²) >= 11 is 13.7. The number of thioether (sulfide) groups is 1. The van der Waals surface area contributed by atoms with Crippen LogP contribution in [0.3, 0.4) is 0 Å². The van der Waals surface area contributed by atoms with E-state index in [0.29, 0.717) is 33.0 Å². The van der Waals surface area contributed by atoms with Gasteiger partial charge in [0.1, 0.15) is 6.61 Å². The van der Waals surface area contributed by atoms with Crippen molar-refractivity contribution in [1.82, 2.24) is 9.47 Å². The first kappa shape index (κ1) is 25.3. The van der Waals surface area contributed by atoms with Crippen LogP contribution in [0.4, 0.5) is 4.79 Å². The van der Waals surface area contributed by atoms with Gasteiger partial charge >= 0.3 is 0 Å². The maximum Gasteiger partial charge on any atom is 0.293 e. The molecular weight excluding hydrogens is 531 g/mol. The summed E-state index contributed by atoms with van der Waals surface area (Å²) in [7, 11) is 1.56. The summed E-state index contributed by atoms with van der Waals surface area (Å²) in [4.78, 5) is 27.3. The number of hydrogen-bond donors (Lipinski definition) is 0. The minimum absolute atomic E-state index is 0.132. The van der Waals surface area contributed by atoms with E-state index in [4.69, 9.17) is 32.7 Å². The molecule has 2 heterocycles. The number of benzene rings is 3. The summed E-state index contributed by atoms with van der Waals surface area (Å²) in [6.45, 7) is 0.755. The van der Waals surface area contributed by atoms with Gasteiger partial charge in [-0.05, 0) is 48.2 Å². The summed E-state index contributed by atoms with van der Waals surface area (Å²) in [6.07, 6.45) is 3.71. The van der Waals surface area contributed by atoms with Crippen molar-refractivity contribution in [3.8, 4) is 11.5 Å². The third-order valence-corrected chi connectivity index (χ3v) is 7.63. The average Bonchev–Trinajstić information content (AvgIpc) is 3.38. The molecule has 2 amide bonds. The highest BCUT2D eigenvalue weighted by atomic mass is 35.5. The zero-order chi connectivity index (χ0) is 25.9. The highest BCUT2D eigenvalue weighted by Gasteiger charge is 2.35. The predicted molar refractivity (Wildman–Crippen MR) is 149 cm³/mol. The van der Waals surface area contributed by atoms with E-state index in [1.54, 1.807) is 25.3 Å². The third kappa shape index (κ3) is 5.21. The summed E-state index contributed by atoms with van der Waals surface area (Å²) in [5.74, 6) is 0.801. The summed E-state index contributed by atoms with van der Waals surface area (Å²) in [6, 6.07) is 20.5. The van der Waals surface area contributed by atoms with E-state index < -0.39 is 0 Å². The molecule has 1 aliphatic heterocycles. The number of fused-ring (bicyclic) bond motifs is 1. The minimum atomic E-state index is -0.343. The second-order valence-corrected chi connectivity index (χ2v) is 10.1. The first-order chi connectivity index (χ1) is 18.0. The molecule has 1 saturated heterocycles. The van der Waals surface area contributed by atoms with Crippen LogP contribution in [-0.2, 0) is 11.3 Å². The molecule has 3 aromatic carbocycles. The lowest BCUT2D eigenvalue weighted by Crippen LogP contribution is -2.32. The van der Waals surface area contributed by atoms with Crippen molar-refractivity contribution in [1.29, 1.82) is 0 Å². The van der Waals surface area contributed by atoms with Crippen LogP contribution >= 0.6 is 35.0 Å². The van der Waals surface area contributed by atoms with Gasteiger partial charge in [0.15, 0.2) is 11.5 Å². The first-order valence-electron chi connectivity index (χ1n) is 11.5. The number of methoxy groups -OCH3 is 1. The number of imide groups is 1. The van der Waals surface area contributed by atoms with Crippen LogP contribution in [0, 0.1) is 0 Å². The Kier molecular flexibility index (Phi) is 7.46. The number of para-hydroxylation sites is 3. The number of halogens is 2. The second kappa shape index (κ2) is 10.9. The van der Waals surface area contributed by atoms with Crippen molar-refractivity contribution >= 4 is 63.1 Å². The SMILES string of the molecule is COc1ccccc1OCCN1C(=O)S/C(=C\c2cn(Cc3c(Cl)cccc3Cl)c3ccccc23)C1=O. The van der Waals surface area contributed by atoms with Crippen LogP contribution in [-0.4, -0.2) is 40.9 Å². The van der Waals surface area contributed by atoms with Crippen molar-refractivity contribution in [2.24, 2.45) is 0 Å².